The highest BCUT2D eigenvalue weighted by Gasteiger charge is 2.20. The van der Waals surface area contributed by atoms with E-state index in [0.717, 1.165) is 0 Å². The highest BCUT2D eigenvalue weighted by molar-refractivity contribution is 5.74. The summed E-state index contributed by atoms with van der Waals surface area (Å²) in [7, 11) is 0. The van der Waals surface area contributed by atoms with Gasteiger partial charge in [0.2, 0.25) is 0 Å². The summed E-state index contributed by atoms with van der Waals surface area (Å²) in [4.78, 5) is 0. The van der Waals surface area contributed by atoms with E-state index in [1.807, 2.05) is 0 Å². The molecule has 0 spiro atoms. The zero-order valence-corrected chi connectivity index (χ0v) is 10.7. The van der Waals surface area contributed by atoms with Gasteiger partial charge in [-0.3, -0.25) is 0 Å². The predicted octanol–water partition coefficient (Wildman–Crippen LogP) is 4.33. The van der Waals surface area contributed by atoms with E-state index in [9.17, 15) is 0 Å². The van der Waals surface area contributed by atoms with Gasteiger partial charge in [0.05, 0.1) is 0 Å². The monoisotopic (exact) mass is 234 g/mol. The molecule has 0 aromatic heterocycles. The third-order valence-electron chi connectivity index (χ3n) is 4.58. The molecule has 2 aromatic carbocycles. The zero-order valence-electron chi connectivity index (χ0n) is 10.7. The lowest BCUT2D eigenvalue weighted by Gasteiger charge is -2.13. The van der Waals surface area contributed by atoms with Crippen molar-refractivity contribution in [2.45, 2.75) is 38.5 Å². The molecule has 2 aromatic rings. The lowest BCUT2D eigenvalue weighted by atomic mass is 9.92. The van der Waals surface area contributed by atoms with Gasteiger partial charge in [-0.05, 0) is 71.9 Å². The summed E-state index contributed by atoms with van der Waals surface area (Å²) in [6.07, 6.45) is 7.77. The van der Waals surface area contributed by atoms with Crippen LogP contribution in [0.1, 0.15) is 35.1 Å². The van der Waals surface area contributed by atoms with Crippen LogP contribution in [-0.2, 0) is 25.7 Å². The van der Waals surface area contributed by atoms with Crippen molar-refractivity contribution in [3.05, 3.63) is 58.7 Å². The molecule has 0 heteroatoms. The van der Waals surface area contributed by atoms with Gasteiger partial charge in [0.1, 0.15) is 0 Å². The smallest absolute Gasteiger partial charge is 0.0146 e. The second-order valence-electron chi connectivity index (χ2n) is 5.59. The van der Waals surface area contributed by atoms with Crippen molar-refractivity contribution >= 4 is 0 Å². The van der Waals surface area contributed by atoms with Crippen LogP contribution in [0.15, 0.2) is 36.4 Å². The van der Waals surface area contributed by atoms with Crippen LogP contribution in [-0.4, -0.2) is 0 Å². The fourth-order valence-corrected chi connectivity index (χ4v) is 3.74. The van der Waals surface area contributed by atoms with Gasteiger partial charge in [-0.25, -0.2) is 0 Å². The van der Waals surface area contributed by atoms with Gasteiger partial charge < -0.3 is 0 Å². The van der Waals surface area contributed by atoms with Crippen molar-refractivity contribution in [3.8, 4) is 11.1 Å². The molecule has 0 radical (unpaired) electrons. The van der Waals surface area contributed by atoms with Crippen LogP contribution in [0.3, 0.4) is 0 Å². The second kappa shape index (κ2) is 3.98. The second-order valence-corrected chi connectivity index (χ2v) is 5.59. The van der Waals surface area contributed by atoms with Crippen molar-refractivity contribution in [2.24, 2.45) is 0 Å². The van der Waals surface area contributed by atoms with E-state index < -0.39 is 0 Å². The summed E-state index contributed by atoms with van der Waals surface area (Å²) in [5.41, 5.74) is 9.45. The minimum atomic E-state index is 1.27. The van der Waals surface area contributed by atoms with E-state index in [-0.39, 0.29) is 0 Å². The van der Waals surface area contributed by atoms with Crippen LogP contribution < -0.4 is 0 Å². The molecule has 4 rings (SSSR count). The Labute approximate surface area is 109 Å². The van der Waals surface area contributed by atoms with Gasteiger partial charge in [-0.15, -0.1) is 0 Å². The van der Waals surface area contributed by atoms with E-state index in [4.69, 9.17) is 0 Å². The number of hydrogen-bond acceptors (Lipinski definition) is 0. The van der Waals surface area contributed by atoms with E-state index in [1.54, 1.807) is 22.3 Å². The summed E-state index contributed by atoms with van der Waals surface area (Å²) in [5.74, 6) is 0. The Morgan fingerprint density at radius 2 is 1.06 bits per heavy atom. The SMILES string of the molecule is c1cc2c(c(-c3cccc4c3CCC4)c1)CCC2. The maximum Gasteiger partial charge on any atom is -0.0146 e. The molecular weight excluding hydrogens is 216 g/mol. The van der Waals surface area contributed by atoms with Crippen molar-refractivity contribution in [2.75, 3.05) is 0 Å². The molecular formula is C18H18. The lowest BCUT2D eigenvalue weighted by Crippen LogP contribution is -1.93. The molecule has 0 unspecified atom stereocenters. The first-order valence-electron chi connectivity index (χ1n) is 7.15. The standard InChI is InChI=1S/C18H18/c1-5-13-7-3-11-17(15(13)9-1)18-12-4-8-14-6-2-10-16(14)18/h3-4,7-8,11-12H,1-2,5-6,9-10H2. The fraction of sp³-hybridized carbons (Fsp3) is 0.333. The first-order chi connectivity index (χ1) is 8.93. The van der Waals surface area contributed by atoms with E-state index in [1.165, 1.54) is 49.7 Å². The molecule has 2 aliphatic carbocycles. The van der Waals surface area contributed by atoms with Gasteiger partial charge in [0, 0.05) is 0 Å². The summed E-state index contributed by atoms with van der Waals surface area (Å²) >= 11 is 0. The molecule has 0 atom stereocenters. The number of rotatable bonds is 1. The minimum absolute atomic E-state index is 1.27. The molecule has 90 valence electrons. The predicted molar refractivity (Wildman–Crippen MR) is 75.9 cm³/mol. The molecule has 0 saturated carbocycles. The zero-order chi connectivity index (χ0) is 11.9. The number of hydrogen-bond donors (Lipinski definition) is 0. The van der Waals surface area contributed by atoms with Gasteiger partial charge in [0.15, 0.2) is 0 Å². The van der Waals surface area contributed by atoms with Gasteiger partial charge >= 0.3 is 0 Å². The Kier molecular flexibility index (Phi) is 2.29. The number of aryl methyl sites for hydroxylation is 2. The third-order valence-corrected chi connectivity index (χ3v) is 4.58. The maximum absolute atomic E-state index is 2.33. The first-order valence-corrected chi connectivity index (χ1v) is 7.15. The molecule has 0 heterocycles. The minimum Gasteiger partial charge on any atom is -0.0614 e. The highest BCUT2D eigenvalue weighted by Crippen LogP contribution is 2.37. The molecule has 0 amide bonds. The molecule has 0 saturated heterocycles. The molecule has 2 aliphatic rings. The largest absolute Gasteiger partial charge is 0.0614 e. The van der Waals surface area contributed by atoms with E-state index >= 15 is 0 Å². The molecule has 0 N–H and O–H groups in total. The Balaban J connectivity index is 1.95. The van der Waals surface area contributed by atoms with Crippen LogP contribution in [0.5, 0.6) is 0 Å². The summed E-state index contributed by atoms with van der Waals surface area (Å²) < 4.78 is 0. The van der Waals surface area contributed by atoms with Crippen LogP contribution in [0.4, 0.5) is 0 Å². The Morgan fingerprint density at radius 1 is 0.556 bits per heavy atom. The average molecular weight is 234 g/mol. The van der Waals surface area contributed by atoms with Gasteiger partial charge in [0.25, 0.3) is 0 Å². The Morgan fingerprint density at radius 3 is 1.56 bits per heavy atom. The molecule has 0 nitrogen and oxygen atoms in total. The molecule has 0 fully saturated rings. The van der Waals surface area contributed by atoms with Crippen molar-refractivity contribution in [1.29, 1.82) is 0 Å². The van der Waals surface area contributed by atoms with Crippen molar-refractivity contribution < 1.29 is 0 Å². The number of benzene rings is 2. The quantitative estimate of drug-likeness (QED) is 0.689. The van der Waals surface area contributed by atoms with Crippen LogP contribution in [0, 0.1) is 0 Å². The molecule has 18 heavy (non-hydrogen) atoms. The Hall–Kier alpha value is -1.56. The topological polar surface area (TPSA) is 0 Å². The maximum atomic E-state index is 2.33. The third kappa shape index (κ3) is 1.45. The summed E-state index contributed by atoms with van der Waals surface area (Å²) in [6.45, 7) is 0. The van der Waals surface area contributed by atoms with E-state index in [0.29, 0.717) is 0 Å². The van der Waals surface area contributed by atoms with E-state index in [2.05, 4.69) is 36.4 Å². The average Bonchev–Trinajstić information content (AvgIpc) is 3.06. The lowest BCUT2D eigenvalue weighted by molar-refractivity contribution is 0.909. The van der Waals surface area contributed by atoms with Crippen LogP contribution in [0.25, 0.3) is 11.1 Å². The van der Waals surface area contributed by atoms with Crippen molar-refractivity contribution in [1.82, 2.24) is 0 Å². The van der Waals surface area contributed by atoms with Gasteiger partial charge in [-0.2, -0.15) is 0 Å². The summed E-state index contributed by atoms with van der Waals surface area (Å²) in [6, 6.07) is 13.8. The Bertz CT molecular complexity index is 552. The first kappa shape index (κ1) is 10.4. The highest BCUT2D eigenvalue weighted by atomic mass is 14.2. The molecule has 0 bridgehead atoms. The van der Waals surface area contributed by atoms with Crippen molar-refractivity contribution in [3.63, 3.8) is 0 Å². The molecule has 0 aliphatic heterocycles. The number of fused-ring (bicyclic) bond motifs is 2. The normalized spacial score (nSPS) is 16.7. The van der Waals surface area contributed by atoms with Gasteiger partial charge in [-0.1, -0.05) is 36.4 Å². The fourth-order valence-electron chi connectivity index (χ4n) is 3.74. The summed E-state index contributed by atoms with van der Waals surface area (Å²) in [5, 5.41) is 0. The van der Waals surface area contributed by atoms with Crippen LogP contribution >= 0.6 is 0 Å². The van der Waals surface area contributed by atoms with Crippen LogP contribution in [0.2, 0.25) is 0 Å².